The Kier molecular flexibility index (Phi) is 3.97. The lowest BCUT2D eigenvalue weighted by Crippen LogP contribution is -2.04. The van der Waals surface area contributed by atoms with Gasteiger partial charge in [-0.2, -0.15) is 0 Å². The average Bonchev–Trinajstić information content (AvgIpc) is 2.52. The van der Waals surface area contributed by atoms with Gasteiger partial charge in [-0.15, -0.1) is 0 Å². The van der Waals surface area contributed by atoms with Crippen molar-refractivity contribution in [1.82, 2.24) is 9.97 Å². The Morgan fingerprint density at radius 3 is 2.14 bits per heavy atom. The van der Waals surface area contributed by atoms with Gasteiger partial charge < -0.3 is 5.73 Å². The monoisotopic (exact) mass is 339 g/mol. The highest BCUT2D eigenvalue weighted by Gasteiger charge is 2.12. The Balaban J connectivity index is 2.02. The minimum absolute atomic E-state index is 0.467. The molecule has 4 heteroatoms. The van der Waals surface area contributed by atoms with Crippen molar-refractivity contribution in [3.63, 3.8) is 0 Å². The van der Waals surface area contributed by atoms with E-state index in [1.54, 1.807) is 0 Å². The molecule has 0 amide bonds. The molecule has 2 N–H and O–H groups in total. The molecule has 1 heterocycles. The van der Waals surface area contributed by atoms with Crippen LogP contribution in [0.25, 0.3) is 11.3 Å². The SMILES string of the molecule is Nc1nc(Cc2ccccc2)nc(-c2ccccc2)c1Br. The molecule has 0 radical (unpaired) electrons. The lowest BCUT2D eigenvalue weighted by Gasteiger charge is -2.09. The second kappa shape index (κ2) is 6.06. The molecule has 1 aromatic heterocycles. The number of benzene rings is 2. The van der Waals surface area contributed by atoms with Gasteiger partial charge in [-0.25, -0.2) is 9.97 Å². The number of hydrogen-bond acceptors (Lipinski definition) is 3. The fraction of sp³-hybridized carbons (Fsp3) is 0.0588. The molecule has 0 aliphatic carbocycles. The molecule has 0 fully saturated rings. The van der Waals surface area contributed by atoms with E-state index in [4.69, 9.17) is 5.73 Å². The highest BCUT2D eigenvalue weighted by molar-refractivity contribution is 9.10. The van der Waals surface area contributed by atoms with Gasteiger partial charge in [0, 0.05) is 12.0 Å². The molecule has 2 aromatic carbocycles. The van der Waals surface area contributed by atoms with Crippen LogP contribution in [0, 0.1) is 0 Å². The summed E-state index contributed by atoms with van der Waals surface area (Å²) < 4.78 is 0.741. The van der Waals surface area contributed by atoms with E-state index in [0.29, 0.717) is 12.2 Å². The largest absolute Gasteiger partial charge is 0.383 e. The Morgan fingerprint density at radius 2 is 1.48 bits per heavy atom. The summed E-state index contributed by atoms with van der Waals surface area (Å²) in [6.45, 7) is 0. The Morgan fingerprint density at radius 1 is 0.857 bits per heavy atom. The standard InChI is InChI=1S/C17H14BrN3/c18-15-16(13-9-5-2-6-10-13)20-14(21-17(15)19)11-12-7-3-1-4-8-12/h1-10H,11H2,(H2,19,20,21). The molecule has 0 bridgehead atoms. The van der Waals surface area contributed by atoms with Crippen molar-refractivity contribution in [2.45, 2.75) is 6.42 Å². The van der Waals surface area contributed by atoms with Gasteiger partial charge >= 0.3 is 0 Å². The topological polar surface area (TPSA) is 51.8 Å². The molecule has 104 valence electrons. The minimum Gasteiger partial charge on any atom is -0.383 e. The highest BCUT2D eigenvalue weighted by Crippen LogP contribution is 2.30. The quantitative estimate of drug-likeness (QED) is 0.782. The van der Waals surface area contributed by atoms with E-state index in [-0.39, 0.29) is 0 Å². The van der Waals surface area contributed by atoms with Crippen LogP contribution in [0.1, 0.15) is 11.4 Å². The van der Waals surface area contributed by atoms with Crippen LogP contribution in [-0.4, -0.2) is 9.97 Å². The predicted octanol–water partition coefficient (Wildman–Crippen LogP) is 4.08. The van der Waals surface area contributed by atoms with Crippen molar-refractivity contribution in [3.8, 4) is 11.3 Å². The summed E-state index contributed by atoms with van der Waals surface area (Å²) in [5, 5.41) is 0. The molecular weight excluding hydrogens is 326 g/mol. The van der Waals surface area contributed by atoms with Gasteiger partial charge in [0.1, 0.15) is 11.6 Å². The van der Waals surface area contributed by atoms with Crippen LogP contribution in [0.15, 0.2) is 65.1 Å². The smallest absolute Gasteiger partial charge is 0.142 e. The number of anilines is 1. The summed E-state index contributed by atoms with van der Waals surface area (Å²) in [5.74, 6) is 1.19. The molecule has 3 rings (SSSR count). The summed E-state index contributed by atoms with van der Waals surface area (Å²) in [4.78, 5) is 9.03. The van der Waals surface area contributed by atoms with Gasteiger partial charge in [0.05, 0.1) is 10.2 Å². The van der Waals surface area contributed by atoms with Crippen molar-refractivity contribution in [1.29, 1.82) is 0 Å². The summed E-state index contributed by atoms with van der Waals surface area (Å²) in [6, 6.07) is 20.1. The van der Waals surface area contributed by atoms with Crippen LogP contribution >= 0.6 is 15.9 Å². The zero-order chi connectivity index (χ0) is 14.7. The van der Waals surface area contributed by atoms with Crippen LogP contribution in [0.4, 0.5) is 5.82 Å². The van der Waals surface area contributed by atoms with Gasteiger partial charge in [-0.3, -0.25) is 0 Å². The maximum absolute atomic E-state index is 6.01. The third kappa shape index (κ3) is 3.11. The van der Waals surface area contributed by atoms with E-state index in [1.807, 2.05) is 48.5 Å². The summed E-state index contributed by atoms with van der Waals surface area (Å²) in [7, 11) is 0. The molecule has 21 heavy (non-hydrogen) atoms. The van der Waals surface area contributed by atoms with Gasteiger partial charge in [0.2, 0.25) is 0 Å². The Bertz CT molecular complexity index is 743. The molecule has 3 nitrogen and oxygen atoms in total. The Labute approximate surface area is 132 Å². The number of nitrogen functional groups attached to an aromatic ring is 1. The third-order valence-corrected chi connectivity index (χ3v) is 3.96. The molecule has 0 saturated carbocycles. The number of halogens is 1. The molecule has 3 aromatic rings. The number of nitrogens with zero attached hydrogens (tertiary/aromatic N) is 2. The minimum atomic E-state index is 0.467. The normalized spacial score (nSPS) is 10.5. The highest BCUT2D eigenvalue weighted by atomic mass is 79.9. The van der Waals surface area contributed by atoms with Crippen molar-refractivity contribution >= 4 is 21.7 Å². The second-order valence-electron chi connectivity index (χ2n) is 4.72. The van der Waals surface area contributed by atoms with Crippen LogP contribution in [-0.2, 0) is 6.42 Å². The molecule has 0 unspecified atom stereocenters. The number of nitrogens with two attached hydrogens (primary N) is 1. The molecule has 0 aliphatic rings. The first-order valence-electron chi connectivity index (χ1n) is 6.65. The van der Waals surface area contributed by atoms with Crippen molar-refractivity contribution in [3.05, 3.63) is 76.5 Å². The van der Waals surface area contributed by atoms with E-state index < -0.39 is 0 Å². The third-order valence-electron chi connectivity index (χ3n) is 3.18. The Hall–Kier alpha value is -2.20. The maximum atomic E-state index is 6.01. The second-order valence-corrected chi connectivity index (χ2v) is 5.51. The molecular formula is C17H14BrN3. The average molecular weight is 340 g/mol. The van der Waals surface area contributed by atoms with Gasteiger partial charge in [-0.05, 0) is 21.5 Å². The first kappa shape index (κ1) is 13.8. The molecule has 0 spiro atoms. The number of aromatic nitrogens is 2. The predicted molar refractivity (Wildman–Crippen MR) is 88.8 cm³/mol. The first-order valence-corrected chi connectivity index (χ1v) is 7.44. The van der Waals surface area contributed by atoms with E-state index in [0.717, 1.165) is 21.6 Å². The van der Waals surface area contributed by atoms with Crippen LogP contribution in [0.3, 0.4) is 0 Å². The van der Waals surface area contributed by atoms with E-state index in [9.17, 15) is 0 Å². The van der Waals surface area contributed by atoms with E-state index in [2.05, 4.69) is 38.0 Å². The summed E-state index contributed by atoms with van der Waals surface area (Å²) in [5.41, 5.74) is 9.03. The zero-order valence-electron chi connectivity index (χ0n) is 11.3. The van der Waals surface area contributed by atoms with Crippen LogP contribution in [0.2, 0.25) is 0 Å². The zero-order valence-corrected chi connectivity index (χ0v) is 12.9. The van der Waals surface area contributed by atoms with Gasteiger partial charge in [0.15, 0.2) is 0 Å². The van der Waals surface area contributed by atoms with Gasteiger partial charge in [0.25, 0.3) is 0 Å². The van der Waals surface area contributed by atoms with Crippen molar-refractivity contribution in [2.24, 2.45) is 0 Å². The lowest BCUT2D eigenvalue weighted by molar-refractivity contribution is 0.973. The number of rotatable bonds is 3. The summed E-state index contributed by atoms with van der Waals surface area (Å²) in [6.07, 6.45) is 0.665. The lowest BCUT2D eigenvalue weighted by atomic mass is 10.1. The fourth-order valence-electron chi connectivity index (χ4n) is 2.16. The number of hydrogen-bond donors (Lipinski definition) is 1. The van der Waals surface area contributed by atoms with Crippen LogP contribution in [0.5, 0.6) is 0 Å². The van der Waals surface area contributed by atoms with Crippen molar-refractivity contribution < 1.29 is 0 Å². The molecule has 0 atom stereocenters. The van der Waals surface area contributed by atoms with E-state index >= 15 is 0 Å². The molecule has 0 aliphatic heterocycles. The maximum Gasteiger partial charge on any atom is 0.142 e. The first-order chi connectivity index (χ1) is 10.2. The fourth-order valence-corrected chi connectivity index (χ4v) is 2.56. The van der Waals surface area contributed by atoms with Gasteiger partial charge in [-0.1, -0.05) is 60.7 Å². The summed E-state index contributed by atoms with van der Waals surface area (Å²) >= 11 is 3.49. The van der Waals surface area contributed by atoms with Crippen molar-refractivity contribution in [2.75, 3.05) is 5.73 Å². The van der Waals surface area contributed by atoms with E-state index in [1.165, 1.54) is 5.56 Å². The van der Waals surface area contributed by atoms with Crippen LogP contribution < -0.4 is 5.73 Å². The molecule has 0 saturated heterocycles.